The number of nitrogens with one attached hydrogen (secondary N) is 2. The topological polar surface area (TPSA) is 80.4 Å². The summed E-state index contributed by atoms with van der Waals surface area (Å²) in [5, 5.41) is 10.3. The van der Waals surface area contributed by atoms with Gasteiger partial charge in [0.1, 0.15) is 0 Å². The van der Waals surface area contributed by atoms with E-state index in [1.165, 1.54) is 9.08 Å². The first-order valence-electron chi connectivity index (χ1n) is 8.31. The monoisotopic (exact) mass is 339 g/mol. The van der Waals surface area contributed by atoms with Crippen molar-refractivity contribution < 1.29 is 4.79 Å². The molecular formula is C18H21N5O2. The molecule has 1 amide bonds. The third kappa shape index (κ3) is 4.13. The molecule has 2 aromatic heterocycles. The SMILES string of the molecule is CCNCc1cccc(NC(=O)CCn2nc3ccccn3c2=O)c1. The van der Waals surface area contributed by atoms with E-state index in [0.29, 0.717) is 5.65 Å². The van der Waals surface area contributed by atoms with E-state index in [9.17, 15) is 9.59 Å². The van der Waals surface area contributed by atoms with Gasteiger partial charge in [0.15, 0.2) is 5.65 Å². The van der Waals surface area contributed by atoms with Crippen LogP contribution in [0.25, 0.3) is 5.65 Å². The molecule has 0 fully saturated rings. The molecule has 1 aromatic carbocycles. The summed E-state index contributed by atoms with van der Waals surface area (Å²) in [7, 11) is 0. The van der Waals surface area contributed by atoms with E-state index < -0.39 is 0 Å². The number of aryl methyl sites for hydroxylation is 1. The van der Waals surface area contributed by atoms with E-state index in [1.54, 1.807) is 18.3 Å². The molecule has 3 rings (SSSR count). The van der Waals surface area contributed by atoms with Crippen LogP contribution in [-0.2, 0) is 17.9 Å². The average molecular weight is 339 g/mol. The Labute approximate surface area is 145 Å². The van der Waals surface area contributed by atoms with Crippen LogP contribution in [0.5, 0.6) is 0 Å². The molecule has 0 atom stereocenters. The van der Waals surface area contributed by atoms with Crippen LogP contribution < -0.4 is 16.3 Å². The minimum absolute atomic E-state index is 0.149. The Kier molecular flexibility index (Phi) is 5.25. The van der Waals surface area contributed by atoms with Gasteiger partial charge in [0.2, 0.25) is 5.91 Å². The fraction of sp³-hybridized carbons (Fsp3) is 0.278. The van der Waals surface area contributed by atoms with Gasteiger partial charge in [0, 0.05) is 24.8 Å². The molecule has 0 bridgehead atoms. The van der Waals surface area contributed by atoms with Crippen LogP contribution in [0.2, 0.25) is 0 Å². The lowest BCUT2D eigenvalue weighted by molar-refractivity contribution is -0.116. The van der Waals surface area contributed by atoms with Crippen molar-refractivity contribution in [3.05, 3.63) is 64.7 Å². The van der Waals surface area contributed by atoms with Crippen LogP contribution in [0.3, 0.4) is 0 Å². The first-order chi connectivity index (χ1) is 12.2. The van der Waals surface area contributed by atoms with Crippen molar-refractivity contribution in [1.82, 2.24) is 19.5 Å². The summed E-state index contributed by atoms with van der Waals surface area (Å²) in [6.07, 6.45) is 1.85. The molecule has 0 aliphatic carbocycles. The molecule has 130 valence electrons. The zero-order valence-electron chi connectivity index (χ0n) is 14.1. The Morgan fingerprint density at radius 2 is 2.08 bits per heavy atom. The Balaban J connectivity index is 1.61. The highest BCUT2D eigenvalue weighted by Crippen LogP contribution is 2.11. The molecule has 0 aliphatic heterocycles. The molecular weight excluding hydrogens is 318 g/mol. The summed E-state index contributed by atoms with van der Waals surface area (Å²) in [4.78, 5) is 24.3. The second kappa shape index (κ2) is 7.76. The average Bonchev–Trinajstić information content (AvgIpc) is 2.95. The van der Waals surface area contributed by atoms with Crippen LogP contribution in [0.15, 0.2) is 53.5 Å². The van der Waals surface area contributed by atoms with Crippen LogP contribution in [0.1, 0.15) is 18.9 Å². The molecule has 0 aliphatic rings. The van der Waals surface area contributed by atoms with E-state index in [4.69, 9.17) is 0 Å². The minimum Gasteiger partial charge on any atom is -0.326 e. The van der Waals surface area contributed by atoms with Gasteiger partial charge in [-0.2, -0.15) is 0 Å². The number of carbonyl (C=O) groups is 1. The molecule has 0 radical (unpaired) electrons. The zero-order valence-corrected chi connectivity index (χ0v) is 14.1. The number of carbonyl (C=O) groups excluding carboxylic acids is 1. The molecule has 2 heterocycles. The van der Waals surface area contributed by atoms with Gasteiger partial charge in [0.05, 0.1) is 6.54 Å². The maximum Gasteiger partial charge on any atom is 0.350 e. The van der Waals surface area contributed by atoms with Gasteiger partial charge in [-0.1, -0.05) is 25.1 Å². The highest BCUT2D eigenvalue weighted by atomic mass is 16.2. The first-order valence-corrected chi connectivity index (χ1v) is 8.31. The van der Waals surface area contributed by atoms with Gasteiger partial charge in [-0.25, -0.2) is 9.48 Å². The normalized spacial score (nSPS) is 10.9. The van der Waals surface area contributed by atoms with Crippen LogP contribution in [0.4, 0.5) is 5.69 Å². The number of rotatable bonds is 7. The fourth-order valence-corrected chi connectivity index (χ4v) is 2.57. The van der Waals surface area contributed by atoms with Crippen molar-refractivity contribution in [2.75, 3.05) is 11.9 Å². The van der Waals surface area contributed by atoms with E-state index in [2.05, 4.69) is 15.7 Å². The number of pyridine rings is 1. The van der Waals surface area contributed by atoms with Gasteiger partial charge in [-0.15, -0.1) is 5.10 Å². The van der Waals surface area contributed by atoms with Gasteiger partial charge in [-0.3, -0.25) is 9.20 Å². The third-order valence-electron chi connectivity index (χ3n) is 3.83. The lowest BCUT2D eigenvalue weighted by Crippen LogP contribution is -2.24. The number of hydrogen-bond donors (Lipinski definition) is 2. The van der Waals surface area contributed by atoms with Gasteiger partial charge >= 0.3 is 5.69 Å². The van der Waals surface area contributed by atoms with Crippen molar-refractivity contribution in [2.24, 2.45) is 0 Å². The van der Waals surface area contributed by atoms with Crippen molar-refractivity contribution in [3.63, 3.8) is 0 Å². The van der Waals surface area contributed by atoms with Crippen LogP contribution in [-0.4, -0.2) is 26.6 Å². The number of nitrogens with zero attached hydrogens (tertiary/aromatic N) is 3. The quantitative estimate of drug-likeness (QED) is 0.686. The van der Waals surface area contributed by atoms with Crippen LogP contribution >= 0.6 is 0 Å². The maximum absolute atomic E-state index is 12.2. The summed E-state index contributed by atoms with van der Waals surface area (Å²) in [6.45, 7) is 3.94. The van der Waals surface area contributed by atoms with Crippen molar-refractivity contribution in [1.29, 1.82) is 0 Å². The second-order valence-corrected chi connectivity index (χ2v) is 5.71. The summed E-state index contributed by atoms with van der Waals surface area (Å²) < 4.78 is 2.78. The maximum atomic E-state index is 12.2. The number of anilines is 1. The van der Waals surface area contributed by atoms with E-state index in [1.807, 2.05) is 37.3 Å². The lowest BCUT2D eigenvalue weighted by atomic mass is 10.2. The number of aromatic nitrogens is 3. The Bertz CT molecular complexity index is 928. The Morgan fingerprint density at radius 3 is 2.88 bits per heavy atom. The molecule has 0 saturated carbocycles. The molecule has 3 aromatic rings. The molecule has 7 nitrogen and oxygen atoms in total. The summed E-state index contributed by atoms with van der Waals surface area (Å²) in [5.74, 6) is -0.149. The van der Waals surface area contributed by atoms with Crippen molar-refractivity contribution in [3.8, 4) is 0 Å². The smallest absolute Gasteiger partial charge is 0.326 e. The zero-order chi connectivity index (χ0) is 17.6. The van der Waals surface area contributed by atoms with E-state index >= 15 is 0 Å². The summed E-state index contributed by atoms with van der Waals surface area (Å²) >= 11 is 0. The largest absolute Gasteiger partial charge is 0.350 e. The summed E-state index contributed by atoms with van der Waals surface area (Å²) in [5.41, 5.74) is 2.19. The van der Waals surface area contributed by atoms with Crippen molar-refractivity contribution in [2.45, 2.75) is 26.4 Å². The second-order valence-electron chi connectivity index (χ2n) is 5.71. The predicted octanol–water partition coefficient (Wildman–Crippen LogP) is 1.63. The van der Waals surface area contributed by atoms with E-state index in [-0.39, 0.29) is 24.6 Å². The Hall–Kier alpha value is -2.93. The number of benzene rings is 1. The van der Waals surface area contributed by atoms with E-state index in [0.717, 1.165) is 24.3 Å². The summed E-state index contributed by atoms with van der Waals surface area (Å²) in [6, 6.07) is 13.1. The third-order valence-corrected chi connectivity index (χ3v) is 3.83. The highest BCUT2D eigenvalue weighted by molar-refractivity contribution is 5.90. The number of amides is 1. The molecule has 7 heteroatoms. The number of fused-ring (bicyclic) bond motifs is 1. The van der Waals surface area contributed by atoms with Crippen molar-refractivity contribution >= 4 is 17.2 Å². The fourth-order valence-electron chi connectivity index (χ4n) is 2.57. The van der Waals surface area contributed by atoms with Gasteiger partial charge < -0.3 is 10.6 Å². The predicted molar refractivity (Wildman–Crippen MR) is 96.5 cm³/mol. The van der Waals surface area contributed by atoms with Gasteiger partial charge in [-0.05, 0) is 36.4 Å². The highest BCUT2D eigenvalue weighted by Gasteiger charge is 2.09. The van der Waals surface area contributed by atoms with Gasteiger partial charge in [0.25, 0.3) is 0 Å². The Morgan fingerprint density at radius 1 is 1.20 bits per heavy atom. The molecule has 25 heavy (non-hydrogen) atoms. The first kappa shape index (κ1) is 16.9. The molecule has 0 spiro atoms. The molecule has 0 unspecified atom stereocenters. The lowest BCUT2D eigenvalue weighted by Gasteiger charge is -2.08. The van der Waals surface area contributed by atoms with Crippen LogP contribution in [0, 0.1) is 0 Å². The molecule has 2 N–H and O–H groups in total. The minimum atomic E-state index is -0.240. The molecule has 0 saturated heterocycles. The number of hydrogen-bond acceptors (Lipinski definition) is 4. The standard InChI is InChI=1S/C18H21N5O2/c1-2-19-13-14-6-5-7-15(12-14)20-17(24)9-11-23-18(25)22-10-4-3-8-16(22)21-23/h3-8,10,12,19H,2,9,11,13H2,1H3,(H,20,24).